The third-order valence-electron chi connectivity index (χ3n) is 5.04. The number of nitrogens with one attached hydrogen (secondary N) is 1. The highest BCUT2D eigenvalue weighted by Crippen LogP contribution is 2.35. The molecule has 1 fully saturated rings. The second kappa shape index (κ2) is 8.49. The van der Waals surface area contributed by atoms with E-state index in [1.54, 1.807) is 12.4 Å². The lowest BCUT2D eigenvalue weighted by atomic mass is 10.2. The Kier molecular flexibility index (Phi) is 5.62. The van der Waals surface area contributed by atoms with Crippen LogP contribution in [-0.2, 0) is 13.1 Å². The second-order valence-electron chi connectivity index (χ2n) is 7.12. The van der Waals surface area contributed by atoms with Crippen LogP contribution in [0.3, 0.4) is 0 Å². The van der Waals surface area contributed by atoms with Crippen LogP contribution in [0, 0.1) is 6.92 Å². The van der Waals surface area contributed by atoms with Gasteiger partial charge in [0.1, 0.15) is 5.82 Å². The lowest BCUT2D eigenvalue weighted by molar-refractivity contribution is 0.0954. The second-order valence-corrected chi connectivity index (χ2v) is 8.15. The van der Waals surface area contributed by atoms with Crippen molar-refractivity contribution in [1.82, 2.24) is 15.2 Å². The first-order chi connectivity index (χ1) is 14.1. The average molecular weight is 405 g/mol. The highest BCUT2D eigenvalue weighted by molar-refractivity contribution is 7.18. The van der Waals surface area contributed by atoms with E-state index in [0.717, 1.165) is 46.5 Å². The zero-order valence-corrected chi connectivity index (χ0v) is 17.3. The predicted octanol–water partition coefficient (Wildman–Crippen LogP) is 4.17. The number of benzene rings is 1. The van der Waals surface area contributed by atoms with E-state index in [9.17, 15) is 4.79 Å². The van der Waals surface area contributed by atoms with Crippen LogP contribution in [-0.4, -0.2) is 28.9 Å². The lowest BCUT2D eigenvalue weighted by Crippen LogP contribution is -2.22. The molecule has 1 aliphatic rings. The number of aromatic nitrogens is 1. The average Bonchev–Trinajstić information content (AvgIpc) is 3.30. The number of thiophene rings is 1. The van der Waals surface area contributed by atoms with Crippen LogP contribution in [0.5, 0.6) is 0 Å². The molecule has 1 amide bonds. The maximum atomic E-state index is 12.7. The summed E-state index contributed by atoms with van der Waals surface area (Å²) in [5.41, 5.74) is 3.25. The highest BCUT2D eigenvalue weighted by atomic mass is 32.1. The highest BCUT2D eigenvalue weighted by Gasteiger charge is 2.27. The summed E-state index contributed by atoms with van der Waals surface area (Å²) in [6.45, 7) is 9.41. The summed E-state index contributed by atoms with van der Waals surface area (Å²) >= 11 is 1.52. The Labute approximate surface area is 175 Å². The smallest absolute Gasteiger partial charge is 0.261 e. The van der Waals surface area contributed by atoms with Gasteiger partial charge in [-0.15, -0.1) is 11.3 Å². The van der Waals surface area contributed by atoms with Gasteiger partial charge in [-0.2, -0.15) is 0 Å². The molecule has 0 saturated carbocycles. The minimum absolute atomic E-state index is 0.0476. The van der Waals surface area contributed by atoms with Gasteiger partial charge >= 0.3 is 0 Å². The number of rotatable bonds is 6. The molecule has 29 heavy (non-hydrogen) atoms. The van der Waals surface area contributed by atoms with Crippen LogP contribution in [0.4, 0.5) is 5.00 Å². The van der Waals surface area contributed by atoms with Crippen molar-refractivity contribution >= 4 is 22.2 Å². The van der Waals surface area contributed by atoms with Gasteiger partial charge in [-0.3, -0.25) is 9.78 Å². The molecule has 1 N–H and O–H groups in total. The van der Waals surface area contributed by atoms with Crippen LogP contribution in [0.15, 0.2) is 73.3 Å². The van der Waals surface area contributed by atoms with Crippen LogP contribution >= 0.6 is 11.3 Å². The van der Waals surface area contributed by atoms with Crippen molar-refractivity contribution in [3.8, 4) is 0 Å². The van der Waals surface area contributed by atoms with E-state index in [1.807, 2.05) is 25.1 Å². The molecule has 0 radical (unpaired) electrons. The van der Waals surface area contributed by atoms with Gasteiger partial charge in [0.2, 0.25) is 0 Å². The van der Waals surface area contributed by atoms with Gasteiger partial charge in [0.25, 0.3) is 5.91 Å². The molecule has 2 aromatic heterocycles. The van der Waals surface area contributed by atoms with E-state index in [2.05, 4.69) is 57.0 Å². The van der Waals surface area contributed by atoms with Crippen molar-refractivity contribution in [1.29, 1.82) is 0 Å². The van der Waals surface area contributed by atoms with E-state index < -0.39 is 0 Å². The fourth-order valence-corrected chi connectivity index (χ4v) is 4.59. The van der Waals surface area contributed by atoms with Crippen molar-refractivity contribution in [3.05, 3.63) is 94.9 Å². The number of aryl methyl sites for hydroxylation is 1. The lowest BCUT2D eigenvalue weighted by Gasteiger charge is -2.22. The molecule has 0 spiro atoms. The zero-order valence-electron chi connectivity index (χ0n) is 16.5. The molecule has 0 bridgehead atoms. The summed E-state index contributed by atoms with van der Waals surface area (Å²) in [5, 5.41) is 4.06. The topological polar surface area (TPSA) is 48.5 Å². The van der Waals surface area contributed by atoms with Crippen LogP contribution in [0.1, 0.15) is 26.4 Å². The Morgan fingerprint density at radius 3 is 2.72 bits per heavy atom. The van der Waals surface area contributed by atoms with Gasteiger partial charge < -0.3 is 15.1 Å². The van der Waals surface area contributed by atoms with Crippen LogP contribution < -0.4 is 10.2 Å². The Balaban J connectivity index is 1.42. The summed E-state index contributed by atoms with van der Waals surface area (Å²) in [6.07, 6.45) is 3.49. The van der Waals surface area contributed by atoms with Crippen molar-refractivity contribution in [3.63, 3.8) is 0 Å². The first kappa shape index (κ1) is 19.2. The molecule has 3 aromatic rings. The quantitative estimate of drug-likeness (QED) is 0.670. The number of amides is 1. The van der Waals surface area contributed by atoms with Gasteiger partial charge in [0.15, 0.2) is 0 Å². The van der Waals surface area contributed by atoms with Gasteiger partial charge in [0, 0.05) is 38.6 Å². The maximum Gasteiger partial charge on any atom is 0.261 e. The zero-order chi connectivity index (χ0) is 20.2. The van der Waals surface area contributed by atoms with Crippen LogP contribution in [0.25, 0.3) is 0 Å². The van der Waals surface area contributed by atoms with Crippen LogP contribution in [0.2, 0.25) is 0 Å². The number of hydrogen-bond donors (Lipinski definition) is 1. The molecule has 0 aliphatic carbocycles. The molecule has 148 valence electrons. The van der Waals surface area contributed by atoms with Crippen molar-refractivity contribution < 1.29 is 4.79 Å². The molecule has 1 aromatic carbocycles. The van der Waals surface area contributed by atoms with E-state index in [-0.39, 0.29) is 5.91 Å². The third kappa shape index (κ3) is 4.32. The number of pyridine rings is 1. The van der Waals surface area contributed by atoms with Gasteiger partial charge in [-0.1, -0.05) is 43.0 Å². The monoisotopic (exact) mass is 404 g/mol. The molecule has 6 heteroatoms. The molecule has 0 unspecified atom stereocenters. The molecule has 3 heterocycles. The van der Waals surface area contributed by atoms with E-state index in [1.165, 1.54) is 16.9 Å². The van der Waals surface area contributed by atoms with Crippen molar-refractivity contribution in [2.24, 2.45) is 0 Å². The van der Waals surface area contributed by atoms with E-state index in [0.29, 0.717) is 6.54 Å². The van der Waals surface area contributed by atoms with Crippen molar-refractivity contribution in [2.45, 2.75) is 20.0 Å². The molecular weight excluding hydrogens is 380 g/mol. The minimum atomic E-state index is -0.0476. The Hall–Kier alpha value is -3.12. The molecular formula is C23H24N4OS. The molecule has 4 rings (SSSR count). The molecule has 5 nitrogen and oxygen atoms in total. The van der Waals surface area contributed by atoms with E-state index in [4.69, 9.17) is 0 Å². The number of anilines is 1. The summed E-state index contributed by atoms with van der Waals surface area (Å²) in [6, 6.07) is 16.3. The van der Waals surface area contributed by atoms with Gasteiger partial charge in [-0.05, 0) is 35.7 Å². The van der Waals surface area contributed by atoms with Crippen molar-refractivity contribution in [2.75, 3.05) is 18.0 Å². The maximum absolute atomic E-state index is 12.7. The molecule has 1 saturated heterocycles. The summed E-state index contributed by atoms with van der Waals surface area (Å²) in [4.78, 5) is 22.0. The molecule has 0 atom stereocenters. The summed E-state index contributed by atoms with van der Waals surface area (Å²) < 4.78 is 0. The first-order valence-corrected chi connectivity index (χ1v) is 10.5. The normalized spacial score (nSPS) is 13.8. The third-order valence-corrected chi connectivity index (χ3v) is 6.30. The Morgan fingerprint density at radius 2 is 1.97 bits per heavy atom. The Morgan fingerprint density at radius 1 is 1.17 bits per heavy atom. The summed E-state index contributed by atoms with van der Waals surface area (Å²) in [7, 11) is 0. The standard InChI is InChI=1S/C23H24N4OS/c1-17-13-21(29-22(17)23(28)25-15-20-9-6-10-24-14-20)27-12-11-26(18(27)2)16-19-7-4-3-5-8-19/h3-10,13-14H,2,11-12,15-16H2,1H3,(H,25,28). The first-order valence-electron chi connectivity index (χ1n) is 9.64. The van der Waals surface area contributed by atoms with Gasteiger partial charge in [0.05, 0.1) is 9.88 Å². The number of carbonyl (C=O) groups excluding carboxylic acids is 1. The fourth-order valence-electron chi connectivity index (χ4n) is 3.45. The van der Waals surface area contributed by atoms with Gasteiger partial charge in [-0.25, -0.2) is 0 Å². The largest absolute Gasteiger partial charge is 0.352 e. The summed E-state index contributed by atoms with van der Waals surface area (Å²) in [5.74, 6) is 0.936. The SMILES string of the molecule is C=C1N(Cc2ccccc2)CCN1c1cc(C)c(C(=O)NCc2cccnc2)s1. The van der Waals surface area contributed by atoms with E-state index >= 15 is 0 Å². The Bertz CT molecular complexity index is 1000. The minimum Gasteiger partial charge on any atom is -0.352 e. The fraction of sp³-hybridized carbons (Fsp3) is 0.217. The number of hydrogen-bond acceptors (Lipinski definition) is 5. The number of carbonyl (C=O) groups is 1. The number of nitrogens with zero attached hydrogens (tertiary/aromatic N) is 3. The molecule has 1 aliphatic heterocycles. The predicted molar refractivity (Wildman–Crippen MR) is 118 cm³/mol.